The highest BCUT2D eigenvalue weighted by molar-refractivity contribution is 5.94. The van der Waals surface area contributed by atoms with Crippen LogP contribution in [-0.2, 0) is 4.79 Å². The van der Waals surface area contributed by atoms with Gasteiger partial charge in [0.2, 0.25) is 11.8 Å². The van der Waals surface area contributed by atoms with Gasteiger partial charge >= 0.3 is 0 Å². The molecule has 2 atom stereocenters. The number of aromatic nitrogens is 4. The molecule has 3 aromatic rings. The summed E-state index contributed by atoms with van der Waals surface area (Å²) < 4.78 is 25.1. The number of hydrogen-bond donors (Lipinski definition) is 2. The lowest BCUT2D eigenvalue weighted by Crippen LogP contribution is -2.51. The summed E-state index contributed by atoms with van der Waals surface area (Å²) in [5.41, 5.74) is 1.22. The number of nitrogens with one attached hydrogen (secondary N) is 2. The number of carbonyl (C=O) groups excluding carboxylic acids is 2. The highest BCUT2D eigenvalue weighted by atomic mass is 19.1. The molecular weight excluding hydrogens is 479 g/mol. The number of methoxy groups -OCH3 is 1. The van der Waals surface area contributed by atoms with Crippen LogP contribution in [-0.4, -0.2) is 62.7 Å². The molecule has 2 amide bonds. The molecule has 192 valence electrons. The van der Waals surface area contributed by atoms with E-state index in [2.05, 4.69) is 25.5 Å². The summed E-state index contributed by atoms with van der Waals surface area (Å²) in [5, 5.41) is 10.1. The van der Waals surface area contributed by atoms with Gasteiger partial charge < -0.3 is 19.7 Å². The van der Waals surface area contributed by atoms with Gasteiger partial charge in [-0.2, -0.15) is 5.10 Å². The van der Waals surface area contributed by atoms with Gasteiger partial charge in [0, 0.05) is 42.2 Å². The number of H-pyrrole nitrogens is 1. The number of rotatable bonds is 5. The van der Waals surface area contributed by atoms with Crippen molar-refractivity contribution in [3.63, 3.8) is 0 Å². The van der Waals surface area contributed by atoms with Crippen LogP contribution in [0.2, 0.25) is 0 Å². The number of piperidine rings is 1. The average Bonchev–Trinajstić information content (AvgIpc) is 3.50. The Kier molecular flexibility index (Phi) is 5.77. The van der Waals surface area contributed by atoms with Crippen LogP contribution in [0.15, 0.2) is 36.7 Å². The van der Waals surface area contributed by atoms with Crippen LogP contribution in [0.5, 0.6) is 11.6 Å². The van der Waals surface area contributed by atoms with E-state index in [1.807, 2.05) is 17.0 Å². The zero-order valence-corrected chi connectivity index (χ0v) is 20.4. The van der Waals surface area contributed by atoms with E-state index in [-0.39, 0.29) is 46.5 Å². The molecule has 6 rings (SSSR count). The summed E-state index contributed by atoms with van der Waals surface area (Å²) in [4.78, 5) is 36.8. The third-order valence-electron chi connectivity index (χ3n) is 7.58. The summed E-state index contributed by atoms with van der Waals surface area (Å²) in [6, 6.07) is 6.51. The van der Waals surface area contributed by atoms with Crippen molar-refractivity contribution < 1.29 is 23.5 Å². The number of carbonyl (C=O) groups is 2. The Morgan fingerprint density at radius 3 is 2.95 bits per heavy atom. The molecule has 0 bridgehead atoms. The van der Waals surface area contributed by atoms with Crippen molar-refractivity contribution in [2.45, 2.75) is 43.7 Å². The largest absolute Gasteiger partial charge is 0.491 e. The number of pyridine rings is 2. The summed E-state index contributed by atoms with van der Waals surface area (Å²) >= 11 is 0. The minimum atomic E-state index is -0.545. The third-order valence-corrected chi connectivity index (χ3v) is 7.58. The van der Waals surface area contributed by atoms with Crippen LogP contribution in [0.4, 0.5) is 4.39 Å². The van der Waals surface area contributed by atoms with E-state index in [1.165, 1.54) is 13.2 Å². The molecule has 0 unspecified atom stereocenters. The van der Waals surface area contributed by atoms with Crippen LogP contribution in [0.3, 0.4) is 0 Å². The summed E-state index contributed by atoms with van der Waals surface area (Å²) in [6.07, 6.45) is 6.30. The molecule has 2 aliphatic heterocycles. The van der Waals surface area contributed by atoms with E-state index < -0.39 is 5.82 Å². The quantitative estimate of drug-likeness (QED) is 0.545. The lowest BCUT2D eigenvalue weighted by Gasteiger charge is -2.40. The van der Waals surface area contributed by atoms with E-state index in [9.17, 15) is 14.0 Å². The van der Waals surface area contributed by atoms with Gasteiger partial charge in [-0.25, -0.2) is 9.37 Å². The van der Waals surface area contributed by atoms with Gasteiger partial charge in [0.25, 0.3) is 5.91 Å². The van der Waals surface area contributed by atoms with Crippen LogP contribution in [0.1, 0.15) is 54.3 Å². The van der Waals surface area contributed by atoms with Gasteiger partial charge in [-0.05, 0) is 43.9 Å². The highest BCUT2D eigenvalue weighted by Crippen LogP contribution is 2.50. The van der Waals surface area contributed by atoms with Crippen LogP contribution >= 0.6 is 0 Å². The van der Waals surface area contributed by atoms with Gasteiger partial charge in [-0.3, -0.25) is 19.7 Å². The van der Waals surface area contributed by atoms with Crippen molar-refractivity contribution in [2.75, 3.05) is 20.3 Å². The number of fused-ring (bicyclic) bond motifs is 1. The maximum absolute atomic E-state index is 14.3. The topological polar surface area (TPSA) is 122 Å². The first kappa shape index (κ1) is 23.4. The predicted molar refractivity (Wildman–Crippen MR) is 129 cm³/mol. The molecule has 2 N–H and O–H groups in total. The van der Waals surface area contributed by atoms with Gasteiger partial charge in [-0.15, -0.1) is 0 Å². The molecule has 5 heterocycles. The van der Waals surface area contributed by atoms with E-state index in [0.717, 1.165) is 24.7 Å². The van der Waals surface area contributed by atoms with Gasteiger partial charge in [-0.1, -0.05) is 0 Å². The lowest BCUT2D eigenvalue weighted by molar-refractivity contribution is -0.128. The zero-order chi connectivity index (χ0) is 25.6. The van der Waals surface area contributed by atoms with Gasteiger partial charge in [0.15, 0.2) is 11.5 Å². The Labute approximate surface area is 212 Å². The summed E-state index contributed by atoms with van der Waals surface area (Å²) in [6.45, 7) is 0.988. The van der Waals surface area contributed by atoms with Crippen LogP contribution < -0.4 is 14.8 Å². The normalized spacial score (nSPS) is 21.6. The molecule has 0 aromatic carbocycles. The molecule has 1 saturated heterocycles. The second-order valence-electron chi connectivity index (χ2n) is 9.83. The first-order chi connectivity index (χ1) is 18.0. The number of halogens is 1. The fraction of sp³-hybridized carbons (Fsp3) is 0.423. The molecule has 0 radical (unpaired) electrons. The maximum Gasteiger partial charge on any atom is 0.274 e. The Morgan fingerprint density at radius 2 is 2.14 bits per heavy atom. The molecule has 2 fully saturated rings. The third kappa shape index (κ3) is 4.28. The minimum Gasteiger partial charge on any atom is -0.491 e. The highest BCUT2D eigenvalue weighted by Gasteiger charge is 2.55. The Bertz CT molecular complexity index is 1360. The van der Waals surface area contributed by atoms with E-state index in [4.69, 9.17) is 9.47 Å². The zero-order valence-electron chi connectivity index (χ0n) is 20.4. The van der Waals surface area contributed by atoms with Crippen molar-refractivity contribution >= 4 is 11.8 Å². The van der Waals surface area contributed by atoms with E-state index in [1.54, 1.807) is 12.3 Å². The number of nitrogens with zero attached hydrogens (tertiary/aromatic N) is 4. The van der Waals surface area contributed by atoms with Gasteiger partial charge in [0.1, 0.15) is 11.4 Å². The molecule has 10 nitrogen and oxygen atoms in total. The fourth-order valence-electron chi connectivity index (χ4n) is 5.44. The molecule has 1 spiro atoms. The van der Waals surface area contributed by atoms with Crippen LogP contribution in [0.25, 0.3) is 11.3 Å². The standard InChI is InChI=1S/C26H27FN6O4/c1-36-22-11-16(17(27)14-29-22)19-12-20(32-31-19)25(35)33-9-4-15(13-26(33)6-7-26)24(34)30-18-5-10-37-21-3-2-8-28-23(18)21/h2-3,8,11-12,14-15,18H,4-7,9-10,13H2,1H3,(H,30,34)(H,31,32)/t15-,18-/m0/s1. The van der Waals surface area contributed by atoms with Crippen molar-refractivity contribution in [2.24, 2.45) is 5.92 Å². The number of ether oxygens (including phenoxy) is 2. The van der Waals surface area contributed by atoms with Crippen LogP contribution in [0, 0.1) is 11.7 Å². The van der Waals surface area contributed by atoms with Crippen molar-refractivity contribution in [3.8, 4) is 22.9 Å². The molecular formula is C26H27FN6O4. The van der Waals surface area contributed by atoms with E-state index >= 15 is 0 Å². The lowest BCUT2D eigenvalue weighted by atomic mass is 9.87. The number of hydrogen-bond acceptors (Lipinski definition) is 7. The number of likely N-dealkylation sites (tertiary alicyclic amines) is 1. The predicted octanol–water partition coefficient (Wildman–Crippen LogP) is 3.04. The molecule has 3 aliphatic rings. The molecule has 1 saturated carbocycles. The Morgan fingerprint density at radius 1 is 1.27 bits per heavy atom. The average molecular weight is 507 g/mol. The molecule has 3 aromatic heterocycles. The maximum atomic E-state index is 14.3. The Balaban J connectivity index is 1.14. The minimum absolute atomic E-state index is 0.00829. The monoisotopic (exact) mass is 506 g/mol. The summed E-state index contributed by atoms with van der Waals surface area (Å²) in [5.74, 6) is 0.0117. The van der Waals surface area contributed by atoms with Crippen molar-refractivity contribution in [1.82, 2.24) is 30.4 Å². The second-order valence-corrected chi connectivity index (χ2v) is 9.83. The number of aromatic amines is 1. The smallest absolute Gasteiger partial charge is 0.274 e. The summed E-state index contributed by atoms with van der Waals surface area (Å²) in [7, 11) is 1.45. The molecule has 37 heavy (non-hydrogen) atoms. The molecule has 11 heteroatoms. The Hall–Kier alpha value is -4.02. The first-order valence-electron chi connectivity index (χ1n) is 12.4. The SMILES string of the molecule is COc1cc(-c2cc(C(=O)N3CC[C@H](C(=O)N[C@H]4CCOc5cccnc54)CC34CC4)n[nH]2)c(F)cn1. The van der Waals surface area contributed by atoms with E-state index in [0.29, 0.717) is 43.9 Å². The fourth-order valence-corrected chi connectivity index (χ4v) is 5.44. The van der Waals surface area contributed by atoms with Crippen molar-refractivity contribution in [1.29, 1.82) is 0 Å². The second kappa shape index (κ2) is 9.13. The number of amides is 2. The molecule has 1 aliphatic carbocycles. The first-order valence-corrected chi connectivity index (χ1v) is 12.4. The van der Waals surface area contributed by atoms with Crippen molar-refractivity contribution in [3.05, 3.63) is 53.9 Å². The van der Waals surface area contributed by atoms with Gasteiger partial charge in [0.05, 0.1) is 31.6 Å².